The number of halogens is 8. The fourth-order valence-corrected chi connectivity index (χ4v) is 6.35. The molecule has 2 aromatic carbocycles. The number of ether oxygens (including phenoxy) is 1. The predicted molar refractivity (Wildman–Crippen MR) is 159 cm³/mol. The molecule has 0 spiro atoms. The summed E-state index contributed by atoms with van der Waals surface area (Å²) in [6.07, 6.45) is 0.225. The van der Waals surface area contributed by atoms with E-state index in [2.05, 4.69) is 15.6 Å². The number of benzene rings is 2. The van der Waals surface area contributed by atoms with Crippen molar-refractivity contribution in [2.75, 3.05) is 11.4 Å². The molecule has 1 aliphatic heterocycles. The van der Waals surface area contributed by atoms with Crippen LogP contribution >= 0.6 is 10.2 Å². The number of carbonyl (C=O) groups is 2. The van der Waals surface area contributed by atoms with E-state index in [-0.39, 0.29) is 55.8 Å². The Morgan fingerprint density at radius 1 is 1.00 bits per heavy atom. The highest BCUT2D eigenvalue weighted by Gasteiger charge is 2.65. The largest absolute Gasteiger partial charge is 0.372 e. The van der Waals surface area contributed by atoms with Crippen LogP contribution in [0.15, 0.2) is 78.0 Å². The number of amides is 2. The standard InChI is InChI=1S/C31H32F8N4O3S/c32-22-14-21(16-40-17-22)28(29(44)42-23-10-12-31(33,34)13-11-23)43(24-6-8-26(9-7-24)47(35,36,37,38)39)30(45)27-15-25(18-41-27)46-19-20-4-2-1-3-5-20/h1-9,14,16-17,23,25,27-28,41H,10-13,15,18-19H2,(H,42,44)/t25-,27+,28?/m0/s1. The van der Waals surface area contributed by atoms with Gasteiger partial charge in [0.1, 0.15) is 16.8 Å². The average molecular weight is 693 g/mol. The number of carbonyl (C=O) groups excluding carboxylic acids is 2. The van der Waals surface area contributed by atoms with Crippen LogP contribution in [-0.2, 0) is 20.9 Å². The van der Waals surface area contributed by atoms with Crippen LogP contribution in [-0.4, -0.2) is 47.5 Å². The molecule has 2 N–H and O–H groups in total. The molecule has 47 heavy (non-hydrogen) atoms. The van der Waals surface area contributed by atoms with Crippen LogP contribution in [0.4, 0.5) is 38.3 Å². The number of alkyl halides is 2. The Balaban J connectivity index is 1.49. The van der Waals surface area contributed by atoms with Gasteiger partial charge in [0.2, 0.25) is 17.7 Å². The van der Waals surface area contributed by atoms with Crippen LogP contribution in [0.3, 0.4) is 0 Å². The quantitative estimate of drug-likeness (QED) is 0.214. The summed E-state index contributed by atoms with van der Waals surface area (Å²) < 4.78 is 116. The van der Waals surface area contributed by atoms with Gasteiger partial charge in [-0.1, -0.05) is 49.8 Å². The topological polar surface area (TPSA) is 83.6 Å². The third-order valence-corrected chi connectivity index (χ3v) is 9.29. The molecule has 3 atom stereocenters. The van der Waals surface area contributed by atoms with Crippen molar-refractivity contribution in [3.8, 4) is 0 Å². The van der Waals surface area contributed by atoms with Gasteiger partial charge in [-0.15, -0.1) is 0 Å². The lowest BCUT2D eigenvalue weighted by Crippen LogP contribution is -2.52. The van der Waals surface area contributed by atoms with Crippen LogP contribution in [0.5, 0.6) is 0 Å². The molecule has 2 amide bonds. The molecule has 5 rings (SSSR count). The van der Waals surface area contributed by atoms with Crippen molar-refractivity contribution in [1.29, 1.82) is 0 Å². The number of pyridine rings is 1. The molecule has 0 bridgehead atoms. The van der Waals surface area contributed by atoms with Gasteiger partial charge in [-0.25, -0.2) is 13.2 Å². The molecule has 1 saturated carbocycles. The second kappa shape index (κ2) is 12.4. The van der Waals surface area contributed by atoms with Crippen molar-refractivity contribution in [2.24, 2.45) is 0 Å². The summed E-state index contributed by atoms with van der Waals surface area (Å²) in [6, 6.07) is 7.92. The van der Waals surface area contributed by atoms with E-state index < -0.39 is 75.7 Å². The predicted octanol–water partition coefficient (Wildman–Crippen LogP) is 7.59. The van der Waals surface area contributed by atoms with E-state index >= 15 is 0 Å². The van der Waals surface area contributed by atoms with E-state index in [1.165, 1.54) is 0 Å². The Bertz CT molecular complexity index is 1590. The first-order valence-corrected chi connectivity index (χ1v) is 16.7. The summed E-state index contributed by atoms with van der Waals surface area (Å²) in [6.45, 7) is 0.406. The second-order valence-electron chi connectivity index (χ2n) is 11.8. The fraction of sp³-hybridized carbons (Fsp3) is 0.387. The number of nitrogens with one attached hydrogen (secondary N) is 2. The maximum absolute atomic E-state index is 14.4. The van der Waals surface area contributed by atoms with Gasteiger partial charge >= 0.3 is 10.2 Å². The lowest BCUT2D eigenvalue weighted by Gasteiger charge is -2.41. The highest BCUT2D eigenvalue weighted by molar-refractivity contribution is 8.45. The van der Waals surface area contributed by atoms with Gasteiger partial charge in [-0.3, -0.25) is 19.5 Å². The maximum Gasteiger partial charge on any atom is 0.310 e. The van der Waals surface area contributed by atoms with E-state index in [0.29, 0.717) is 12.1 Å². The summed E-state index contributed by atoms with van der Waals surface area (Å²) in [5.41, 5.74) is 0.294. The summed E-state index contributed by atoms with van der Waals surface area (Å²) >= 11 is 0. The first kappa shape index (κ1) is 34.6. The Kier molecular flexibility index (Phi) is 9.09. The number of nitrogens with zero attached hydrogens (tertiary/aromatic N) is 2. The molecule has 3 aromatic rings. The van der Waals surface area contributed by atoms with E-state index in [1.807, 2.05) is 30.3 Å². The smallest absolute Gasteiger partial charge is 0.310 e. The van der Waals surface area contributed by atoms with Gasteiger partial charge in [0.25, 0.3) is 0 Å². The van der Waals surface area contributed by atoms with Crippen molar-refractivity contribution >= 4 is 27.7 Å². The molecule has 1 aromatic heterocycles. The Hall–Kier alpha value is -3.76. The molecular formula is C31H32F8N4O3S. The summed E-state index contributed by atoms with van der Waals surface area (Å²) in [7, 11) is -10.1. The molecule has 2 aliphatic rings. The molecule has 256 valence electrons. The van der Waals surface area contributed by atoms with Gasteiger partial charge in [0, 0.05) is 42.9 Å². The molecule has 7 nitrogen and oxygen atoms in total. The molecule has 0 radical (unpaired) electrons. The zero-order valence-corrected chi connectivity index (χ0v) is 25.6. The van der Waals surface area contributed by atoms with E-state index in [4.69, 9.17) is 4.74 Å². The lowest BCUT2D eigenvalue weighted by molar-refractivity contribution is -0.128. The van der Waals surface area contributed by atoms with Crippen LogP contribution in [0.2, 0.25) is 0 Å². The molecule has 1 aliphatic carbocycles. The van der Waals surface area contributed by atoms with Crippen molar-refractivity contribution in [1.82, 2.24) is 15.6 Å². The molecule has 1 unspecified atom stereocenters. The van der Waals surface area contributed by atoms with Crippen LogP contribution in [0, 0.1) is 5.82 Å². The van der Waals surface area contributed by atoms with E-state index in [1.54, 1.807) is 0 Å². The minimum absolute atomic E-state index is 0.0686. The molecule has 2 fully saturated rings. The molecule has 16 heteroatoms. The van der Waals surface area contributed by atoms with Gasteiger partial charge in [-0.05, 0) is 55.2 Å². The Morgan fingerprint density at radius 2 is 1.66 bits per heavy atom. The fourth-order valence-electron chi connectivity index (χ4n) is 5.70. The summed E-state index contributed by atoms with van der Waals surface area (Å²) in [5.74, 6) is -5.63. The molecule has 1 saturated heterocycles. The minimum atomic E-state index is -10.1. The normalized spacial score (nSPS) is 22.1. The van der Waals surface area contributed by atoms with Crippen LogP contribution in [0.1, 0.15) is 49.3 Å². The average Bonchev–Trinajstić information content (AvgIpc) is 3.48. The minimum Gasteiger partial charge on any atom is -0.372 e. The van der Waals surface area contributed by atoms with Crippen LogP contribution < -0.4 is 15.5 Å². The van der Waals surface area contributed by atoms with E-state index in [0.717, 1.165) is 28.9 Å². The first-order valence-electron chi connectivity index (χ1n) is 14.7. The van der Waals surface area contributed by atoms with Gasteiger partial charge in [0.15, 0.2) is 0 Å². The van der Waals surface area contributed by atoms with Gasteiger partial charge in [0.05, 0.1) is 24.9 Å². The lowest BCUT2D eigenvalue weighted by atomic mass is 9.91. The Labute approximate surface area is 265 Å². The van der Waals surface area contributed by atoms with Gasteiger partial charge < -0.3 is 15.4 Å². The number of hydrogen-bond acceptors (Lipinski definition) is 5. The second-order valence-corrected chi connectivity index (χ2v) is 14.2. The highest BCUT2D eigenvalue weighted by atomic mass is 32.5. The van der Waals surface area contributed by atoms with Crippen molar-refractivity contribution in [3.05, 3.63) is 90.0 Å². The molecule has 2 heterocycles. The first-order chi connectivity index (χ1) is 21.9. The highest BCUT2D eigenvalue weighted by Crippen LogP contribution is 3.02. The molecular weight excluding hydrogens is 660 g/mol. The van der Waals surface area contributed by atoms with Crippen molar-refractivity contribution in [2.45, 2.75) is 73.8 Å². The van der Waals surface area contributed by atoms with Crippen molar-refractivity contribution in [3.63, 3.8) is 0 Å². The summed E-state index contributed by atoms with van der Waals surface area (Å²) in [5, 5.41) is 5.58. The van der Waals surface area contributed by atoms with Gasteiger partial charge in [-0.2, -0.15) is 0 Å². The SMILES string of the molecule is O=C(NC1CCC(F)(F)CC1)C(c1cncc(F)c1)N(C(=O)[C@H]1C[C@H](OCc2ccccc2)CN1)c1ccc(S(F)(F)(F)(F)F)cc1. The monoisotopic (exact) mass is 692 g/mol. The number of hydrogen-bond donors (Lipinski definition) is 2. The summed E-state index contributed by atoms with van der Waals surface area (Å²) in [4.78, 5) is 30.4. The number of rotatable bonds is 10. The number of anilines is 1. The van der Waals surface area contributed by atoms with E-state index in [9.17, 15) is 42.2 Å². The van der Waals surface area contributed by atoms with Crippen LogP contribution in [0.25, 0.3) is 0 Å². The third kappa shape index (κ3) is 8.78. The maximum atomic E-state index is 14.4. The Morgan fingerprint density at radius 3 is 2.28 bits per heavy atom. The number of aromatic nitrogens is 1. The zero-order valence-electron chi connectivity index (χ0n) is 24.7. The third-order valence-electron chi connectivity index (χ3n) is 8.13. The zero-order chi connectivity index (χ0) is 34.1. The van der Waals surface area contributed by atoms with Crippen molar-refractivity contribution < 1.29 is 46.9 Å².